The summed E-state index contributed by atoms with van der Waals surface area (Å²) in [6.45, 7) is 0. The molecular weight excluding hydrogens is 218 g/mol. The van der Waals surface area contributed by atoms with Crippen LogP contribution < -0.4 is 0 Å². The highest BCUT2D eigenvalue weighted by Gasteiger charge is 2.16. The standard InChI is InChI=1S/C13H13NO3/c1-17-13(16)12(15)7-9-3-2-4-10-8-14-6-5-11(9)10/h2-6,8,12,15H,7H2,1H3. The number of methoxy groups -OCH3 is 1. The minimum Gasteiger partial charge on any atom is -0.467 e. The number of carbonyl (C=O) groups is 1. The summed E-state index contributed by atoms with van der Waals surface area (Å²) < 4.78 is 4.49. The fourth-order valence-corrected chi connectivity index (χ4v) is 1.80. The number of ether oxygens (including phenoxy) is 1. The Morgan fingerprint density at radius 3 is 3.06 bits per heavy atom. The van der Waals surface area contributed by atoms with Crippen molar-refractivity contribution >= 4 is 16.7 Å². The number of esters is 1. The highest BCUT2D eigenvalue weighted by molar-refractivity contribution is 5.85. The van der Waals surface area contributed by atoms with Gasteiger partial charge in [-0.15, -0.1) is 0 Å². The van der Waals surface area contributed by atoms with Gasteiger partial charge in [-0.1, -0.05) is 18.2 Å². The van der Waals surface area contributed by atoms with E-state index in [9.17, 15) is 9.90 Å². The Balaban J connectivity index is 2.33. The monoisotopic (exact) mass is 231 g/mol. The first-order valence-corrected chi connectivity index (χ1v) is 5.30. The number of aliphatic hydroxyl groups is 1. The van der Waals surface area contributed by atoms with E-state index in [1.807, 2.05) is 24.3 Å². The first-order chi connectivity index (χ1) is 8.22. The van der Waals surface area contributed by atoms with Gasteiger partial charge in [-0.05, 0) is 17.0 Å². The Kier molecular flexibility index (Phi) is 3.35. The fourth-order valence-electron chi connectivity index (χ4n) is 1.80. The predicted molar refractivity (Wildman–Crippen MR) is 63.5 cm³/mol. The Bertz CT molecular complexity index is 534. The van der Waals surface area contributed by atoms with Gasteiger partial charge in [0.15, 0.2) is 6.10 Å². The molecule has 0 amide bonds. The summed E-state index contributed by atoms with van der Waals surface area (Å²) in [5.74, 6) is -0.615. The number of hydrogen-bond acceptors (Lipinski definition) is 4. The van der Waals surface area contributed by atoms with Crippen LogP contribution in [0.3, 0.4) is 0 Å². The van der Waals surface area contributed by atoms with E-state index >= 15 is 0 Å². The van der Waals surface area contributed by atoms with Crippen molar-refractivity contribution in [3.8, 4) is 0 Å². The second-order valence-corrected chi connectivity index (χ2v) is 3.76. The third-order valence-corrected chi connectivity index (χ3v) is 2.66. The lowest BCUT2D eigenvalue weighted by Crippen LogP contribution is -2.24. The number of hydrogen-bond donors (Lipinski definition) is 1. The molecule has 0 fully saturated rings. The molecule has 0 saturated heterocycles. The molecule has 17 heavy (non-hydrogen) atoms. The SMILES string of the molecule is COC(=O)C(O)Cc1cccc2cnccc12. The van der Waals surface area contributed by atoms with Crippen molar-refractivity contribution in [2.45, 2.75) is 12.5 Å². The van der Waals surface area contributed by atoms with Crippen LogP contribution >= 0.6 is 0 Å². The molecule has 0 aliphatic heterocycles. The summed E-state index contributed by atoms with van der Waals surface area (Å²) in [7, 11) is 1.26. The zero-order chi connectivity index (χ0) is 12.3. The van der Waals surface area contributed by atoms with Gasteiger partial charge >= 0.3 is 5.97 Å². The van der Waals surface area contributed by atoms with E-state index in [4.69, 9.17) is 0 Å². The summed E-state index contributed by atoms with van der Waals surface area (Å²) in [6, 6.07) is 7.57. The first kappa shape index (κ1) is 11.5. The van der Waals surface area contributed by atoms with Gasteiger partial charge in [0.05, 0.1) is 7.11 Å². The van der Waals surface area contributed by atoms with Gasteiger partial charge < -0.3 is 9.84 Å². The number of nitrogens with zero attached hydrogens (tertiary/aromatic N) is 1. The van der Waals surface area contributed by atoms with Crippen molar-refractivity contribution in [3.05, 3.63) is 42.2 Å². The van der Waals surface area contributed by atoms with Crippen LogP contribution in [0.1, 0.15) is 5.56 Å². The molecular formula is C13H13NO3. The largest absolute Gasteiger partial charge is 0.467 e. The molecule has 1 heterocycles. The van der Waals surface area contributed by atoms with Gasteiger partial charge in [-0.25, -0.2) is 4.79 Å². The molecule has 0 radical (unpaired) electrons. The van der Waals surface area contributed by atoms with E-state index in [1.54, 1.807) is 12.4 Å². The molecule has 0 aliphatic carbocycles. The number of aliphatic hydroxyl groups excluding tert-OH is 1. The Morgan fingerprint density at radius 2 is 2.29 bits per heavy atom. The molecule has 0 aliphatic rings. The minimum absolute atomic E-state index is 0.244. The molecule has 4 nitrogen and oxygen atoms in total. The van der Waals surface area contributed by atoms with Crippen molar-refractivity contribution in [2.24, 2.45) is 0 Å². The second kappa shape index (κ2) is 4.93. The topological polar surface area (TPSA) is 59.4 Å². The lowest BCUT2D eigenvalue weighted by molar-refractivity contribution is -0.150. The van der Waals surface area contributed by atoms with E-state index in [0.29, 0.717) is 0 Å². The molecule has 4 heteroatoms. The molecule has 1 unspecified atom stereocenters. The molecule has 0 spiro atoms. The van der Waals surface area contributed by atoms with Gasteiger partial charge in [0.1, 0.15) is 0 Å². The van der Waals surface area contributed by atoms with Gasteiger partial charge in [0, 0.05) is 24.2 Å². The van der Waals surface area contributed by atoms with Crippen molar-refractivity contribution < 1.29 is 14.6 Å². The molecule has 1 aromatic heterocycles. The van der Waals surface area contributed by atoms with Crippen LogP contribution in [0, 0.1) is 0 Å². The van der Waals surface area contributed by atoms with Crippen molar-refractivity contribution in [3.63, 3.8) is 0 Å². The molecule has 0 saturated carbocycles. The van der Waals surface area contributed by atoms with E-state index in [1.165, 1.54) is 7.11 Å². The molecule has 1 atom stereocenters. The summed E-state index contributed by atoms with van der Waals surface area (Å²) in [6.07, 6.45) is 2.56. The average Bonchev–Trinajstić information content (AvgIpc) is 2.38. The first-order valence-electron chi connectivity index (χ1n) is 5.30. The Labute approximate surface area is 98.9 Å². The van der Waals surface area contributed by atoms with Crippen LogP contribution in [0.5, 0.6) is 0 Å². The lowest BCUT2D eigenvalue weighted by Gasteiger charge is -2.10. The molecule has 1 aromatic carbocycles. The Morgan fingerprint density at radius 1 is 1.47 bits per heavy atom. The maximum absolute atomic E-state index is 11.2. The van der Waals surface area contributed by atoms with Crippen LogP contribution in [0.25, 0.3) is 10.8 Å². The quantitative estimate of drug-likeness (QED) is 0.809. The van der Waals surface area contributed by atoms with Gasteiger partial charge in [-0.2, -0.15) is 0 Å². The van der Waals surface area contributed by atoms with Gasteiger partial charge in [0.25, 0.3) is 0 Å². The summed E-state index contributed by atoms with van der Waals surface area (Å²) in [5.41, 5.74) is 0.905. The summed E-state index contributed by atoms with van der Waals surface area (Å²) >= 11 is 0. The van der Waals surface area contributed by atoms with E-state index in [-0.39, 0.29) is 6.42 Å². The lowest BCUT2D eigenvalue weighted by atomic mass is 10.0. The highest BCUT2D eigenvalue weighted by Crippen LogP contribution is 2.19. The van der Waals surface area contributed by atoms with E-state index in [2.05, 4.69) is 9.72 Å². The minimum atomic E-state index is -1.13. The molecule has 1 N–H and O–H groups in total. The third-order valence-electron chi connectivity index (χ3n) is 2.66. The van der Waals surface area contributed by atoms with E-state index < -0.39 is 12.1 Å². The molecule has 2 aromatic rings. The van der Waals surface area contributed by atoms with Gasteiger partial charge in [0.2, 0.25) is 0 Å². The third kappa shape index (κ3) is 2.42. The number of aromatic nitrogens is 1. The number of benzene rings is 1. The van der Waals surface area contributed by atoms with Gasteiger partial charge in [-0.3, -0.25) is 4.98 Å². The van der Waals surface area contributed by atoms with Crippen molar-refractivity contribution in [1.82, 2.24) is 4.98 Å². The molecule has 0 bridgehead atoms. The number of rotatable bonds is 3. The number of fused-ring (bicyclic) bond motifs is 1. The van der Waals surface area contributed by atoms with Crippen LogP contribution in [-0.4, -0.2) is 29.3 Å². The summed E-state index contributed by atoms with van der Waals surface area (Å²) in [4.78, 5) is 15.2. The Hall–Kier alpha value is -1.94. The zero-order valence-corrected chi connectivity index (χ0v) is 9.46. The maximum Gasteiger partial charge on any atom is 0.335 e. The van der Waals surface area contributed by atoms with Crippen LogP contribution in [0.15, 0.2) is 36.7 Å². The number of carbonyl (C=O) groups excluding carboxylic acids is 1. The maximum atomic E-state index is 11.2. The fraction of sp³-hybridized carbons (Fsp3) is 0.231. The van der Waals surface area contributed by atoms with E-state index in [0.717, 1.165) is 16.3 Å². The van der Waals surface area contributed by atoms with Crippen LogP contribution in [-0.2, 0) is 16.0 Å². The molecule has 88 valence electrons. The normalized spacial score (nSPS) is 12.4. The number of pyridine rings is 1. The second-order valence-electron chi connectivity index (χ2n) is 3.76. The van der Waals surface area contributed by atoms with Crippen molar-refractivity contribution in [1.29, 1.82) is 0 Å². The average molecular weight is 231 g/mol. The van der Waals surface area contributed by atoms with Crippen LogP contribution in [0.4, 0.5) is 0 Å². The zero-order valence-electron chi connectivity index (χ0n) is 9.46. The smallest absolute Gasteiger partial charge is 0.335 e. The molecule has 2 rings (SSSR count). The predicted octanol–water partition coefficient (Wildman–Crippen LogP) is 1.31. The highest BCUT2D eigenvalue weighted by atomic mass is 16.5. The van der Waals surface area contributed by atoms with Crippen molar-refractivity contribution in [2.75, 3.05) is 7.11 Å². The van der Waals surface area contributed by atoms with Crippen LogP contribution in [0.2, 0.25) is 0 Å². The summed E-state index contributed by atoms with van der Waals surface area (Å²) in [5, 5.41) is 11.6.